The summed E-state index contributed by atoms with van der Waals surface area (Å²) in [6.07, 6.45) is 1.68. The van der Waals surface area contributed by atoms with Crippen molar-refractivity contribution in [1.29, 1.82) is 0 Å². The molecule has 1 unspecified atom stereocenters. The van der Waals surface area contributed by atoms with E-state index >= 15 is 0 Å². The molecule has 0 saturated carbocycles. The van der Waals surface area contributed by atoms with E-state index in [2.05, 4.69) is 29.8 Å². The van der Waals surface area contributed by atoms with E-state index < -0.39 is 5.54 Å². The Balaban J connectivity index is 1.80. The lowest BCUT2D eigenvalue weighted by Gasteiger charge is -2.40. The molecule has 2 aromatic rings. The molecule has 0 bridgehead atoms. The molecule has 1 aliphatic rings. The van der Waals surface area contributed by atoms with Crippen molar-refractivity contribution >= 4 is 23.3 Å². The van der Waals surface area contributed by atoms with Crippen molar-refractivity contribution in [2.24, 2.45) is 0 Å². The molecule has 33 heavy (non-hydrogen) atoms. The molecule has 6 nitrogen and oxygen atoms in total. The number of nitrogens with one attached hydrogen (secondary N) is 1. The minimum absolute atomic E-state index is 0.0403. The van der Waals surface area contributed by atoms with Crippen LogP contribution < -0.4 is 10.1 Å². The van der Waals surface area contributed by atoms with Gasteiger partial charge in [0.05, 0.1) is 6.04 Å². The first-order chi connectivity index (χ1) is 15.6. The monoisotopic (exact) mass is 471 g/mol. The van der Waals surface area contributed by atoms with Crippen molar-refractivity contribution in [2.75, 3.05) is 26.2 Å². The molecule has 0 radical (unpaired) electrons. The van der Waals surface area contributed by atoms with Crippen LogP contribution in [0.3, 0.4) is 0 Å². The van der Waals surface area contributed by atoms with Gasteiger partial charge in [-0.1, -0.05) is 24.6 Å². The van der Waals surface area contributed by atoms with Crippen molar-refractivity contribution in [2.45, 2.75) is 66.0 Å². The molecule has 0 aliphatic carbocycles. The summed E-state index contributed by atoms with van der Waals surface area (Å²) < 4.78 is 6.23. The van der Waals surface area contributed by atoms with E-state index in [1.54, 1.807) is 16.2 Å². The van der Waals surface area contributed by atoms with E-state index in [9.17, 15) is 9.59 Å². The highest BCUT2D eigenvalue weighted by Gasteiger charge is 2.36. The van der Waals surface area contributed by atoms with Crippen LogP contribution in [0, 0.1) is 13.8 Å². The van der Waals surface area contributed by atoms with Crippen molar-refractivity contribution in [3.05, 3.63) is 51.2 Å². The topological polar surface area (TPSA) is 61.9 Å². The first kappa shape index (κ1) is 25.1. The van der Waals surface area contributed by atoms with Crippen molar-refractivity contribution in [1.82, 2.24) is 15.1 Å². The number of rotatable bonds is 7. The first-order valence-electron chi connectivity index (χ1n) is 11.7. The van der Waals surface area contributed by atoms with Crippen LogP contribution in [-0.2, 0) is 11.2 Å². The fourth-order valence-electron chi connectivity index (χ4n) is 4.17. The Morgan fingerprint density at radius 1 is 1.24 bits per heavy atom. The SMILES string of the molecule is CCCNC(=O)N(CC(=O)N1CCc2sccc2C1COc1ccc(C)cc1C)C(C)(C)C. The zero-order valence-corrected chi connectivity index (χ0v) is 21.6. The minimum Gasteiger partial charge on any atom is -0.491 e. The number of amides is 3. The molecule has 0 fully saturated rings. The summed E-state index contributed by atoms with van der Waals surface area (Å²) in [4.78, 5) is 31.2. The van der Waals surface area contributed by atoms with Gasteiger partial charge < -0.3 is 19.9 Å². The molecule has 3 amide bonds. The zero-order valence-electron chi connectivity index (χ0n) is 20.7. The third-order valence-electron chi connectivity index (χ3n) is 6.02. The maximum atomic E-state index is 13.6. The molecular weight excluding hydrogens is 434 g/mol. The van der Waals surface area contributed by atoms with Gasteiger partial charge in [-0.2, -0.15) is 0 Å². The van der Waals surface area contributed by atoms with E-state index in [1.807, 2.05) is 51.7 Å². The minimum atomic E-state index is -0.470. The summed E-state index contributed by atoms with van der Waals surface area (Å²) >= 11 is 1.73. The zero-order chi connectivity index (χ0) is 24.2. The van der Waals surface area contributed by atoms with Gasteiger partial charge in [-0.15, -0.1) is 11.3 Å². The highest BCUT2D eigenvalue weighted by atomic mass is 32.1. The van der Waals surface area contributed by atoms with Crippen LogP contribution >= 0.6 is 11.3 Å². The van der Waals surface area contributed by atoms with Crippen LogP contribution in [0.1, 0.15) is 61.7 Å². The van der Waals surface area contributed by atoms with E-state index in [0.717, 1.165) is 29.7 Å². The van der Waals surface area contributed by atoms with Gasteiger partial charge in [0.2, 0.25) is 5.91 Å². The summed E-state index contributed by atoms with van der Waals surface area (Å²) in [6.45, 7) is 13.6. The molecule has 7 heteroatoms. The van der Waals surface area contributed by atoms with Gasteiger partial charge in [0.25, 0.3) is 0 Å². The normalized spacial score (nSPS) is 15.7. The second-order valence-electron chi connectivity index (χ2n) is 9.72. The molecular formula is C26H37N3O3S. The van der Waals surface area contributed by atoms with E-state index in [1.165, 1.54) is 10.4 Å². The molecule has 180 valence electrons. The Morgan fingerprint density at radius 3 is 2.67 bits per heavy atom. The molecule has 1 N–H and O–H groups in total. The number of carbonyl (C=O) groups excluding carboxylic acids is 2. The van der Waals surface area contributed by atoms with E-state index in [0.29, 0.717) is 19.7 Å². The molecule has 3 rings (SSSR count). The maximum Gasteiger partial charge on any atom is 0.318 e. The molecule has 1 aliphatic heterocycles. The van der Waals surface area contributed by atoms with Crippen LogP contribution in [0.15, 0.2) is 29.6 Å². The standard InChI is InChI=1S/C26H37N3O3S/c1-7-12-27-25(31)29(26(4,5)6)16-24(30)28-13-10-23-20(11-14-33-23)21(28)17-32-22-9-8-18(2)15-19(22)3/h8-9,11,14-15,21H,7,10,12-13,16-17H2,1-6H3,(H,27,31). The van der Waals surface area contributed by atoms with Gasteiger partial charge in [0.15, 0.2) is 0 Å². The first-order valence-corrected chi connectivity index (χ1v) is 12.6. The number of fused-ring (bicyclic) bond motifs is 1. The predicted octanol–water partition coefficient (Wildman–Crippen LogP) is 5.09. The van der Waals surface area contributed by atoms with Crippen LogP contribution in [0.2, 0.25) is 0 Å². The van der Waals surface area contributed by atoms with Crippen LogP contribution in [0.5, 0.6) is 5.75 Å². The number of benzene rings is 1. The van der Waals surface area contributed by atoms with Crippen molar-refractivity contribution < 1.29 is 14.3 Å². The van der Waals surface area contributed by atoms with Crippen molar-refractivity contribution in [3.63, 3.8) is 0 Å². The third kappa shape index (κ3) is 6.08. The molecule has 0 spiro atoms. The third-order valence-corrected chi connectivity index (χ3v) is 7.01. The van der Waals surface area contributed by atoms with E-state index in [-0.39, 0.29) is 24.5 Å². The second-order valence-corrected chi connectivity index (χ2v) is 10.7. The lowest BCUT2D eigenvalue weighted by Crippen LogP contribution is -2.55. The Bertz CT molecular complexity index is 979. The predicted molar refractivity (Wildman–Crippen MR) is 134 cm³/mol. The van der Waals surface area contributed by atoms with Crippen LogP contribution in [0.25, 0.3) is 0 Å². The van der Waals surface area contributed by atoms with Gasteiger partial charge in [-0.3, -0.25) is 4.79 Å². The number of hydrogen-bond donors (Lipinski definition) is 1. The van der Waals surface area contributed by atoms with Crippen LogP contribution in [-0.4, -0.2) is 53.5 Å². The summed E-state index contributed by atoms with van der Waals surface area (Å²) in [6, 6.07) is 7.87. The Labute approximate surface area is 201 Å². The molecule has 1 aromatic carbocycles. The number of carbonyl (C=O) groups is 2. The number of urea groups is 1. The molecule has 1 aromatic heterocycles. The number of aryl methyl sites for hydroxylation is 2. The highest BCUT2D eigenvalue weighted by Crippen LogP contribution is 2.34. The van der Waals surface area contributed by atoms with Gasteiger partial charge in [-0.25, -0.2) is 4.79 Å². The Morgan fingerprint density at radius 2 is 2.00 bits per heavy atom. The van der Waals surface area contributed by atoms with E-state index in [4.69, 9.17) is 4.74 Å². The Hall–Kier alpha value is -2.54. The maximum absolute atomic E-state index is 13.6. The quantitative estimate of drug-likeness (QED) is 0.612. The number of nitrogens with zero attached hydrogens (tertiary/aromatic N) is 2. The summed E-state index contributed by atoms with van der Waals surface area (Å²) in [5.74, 6) is 0.785. The van der Waals surface area contributed by atoms with Gasteiger partial charge in [0.1, 0.15) is 18.9 Å². The summed E-state index contributed by atoms with van der Waals surface area (Å²) in [5, 5.41) is 5.01. The highest BCUT2D eigenvalue weighted by molar-refractivity contribution is 7.10. The van der Waals surface area contributed by atoms with Crippen molar-refractivity contribution in [3.8, 4) is 5.75 Å². The fraction of sp³-hybridized carbons (Fsp3) is 0.538. The average Bonchev–Trinajstić information content (AvgIpc) is 3.23. The summed E-state index contributed by atoms with van der Waals surface area (Å²) in [7, 11) is 0. The average molecular weight is 472 g/mol. The summed E-state index contributed by atoms with van der Waals surface area (Å²) in [5.41, 5.74) is 2.96. The fourth-order valence-corrected chi connectivity index (χ4v) is 5.10. The van der Waals surface area contributed by atoms with Gasteiger partial charge in [-0.05, 0) is 76.1 Å². The van der Waals surface area contributed by atoms with Gasteiger partial charge >= 0.3 is 6.03 Å². The lowest BCUT2D eigenvalue weighted by molar-refractivity contribution is -0.136. The Kier molecular flexibility index (Phi) is 8.05. The molecule has 1 atom stereocenters. The number of ether oxygens (including phenoxy) is 1. The lowest BCUT2D eigenvalue weighted by atomic mass is 10.00. The van der Waals surface area contributed by atoms with Gasteiger partial charge in [0, 0.05) is 23.5 Å². The number of thiophene rings is 1. The smallest absolute Gasteiger partial charge is 0.318 e. The second kappa shape index (κ2) is 10.6. The van der Waals surface area contributed by atoms with Crippen LogP contribution in [0.4, 0.5) is 4.79 Å². The largest absolute Gasteiger partial charge is 0.491 e. The molecule has 0 saturated heterocycles. The molecule has 2 heterocycles. The number of hydrogen-bond acceptors (Lipinski definition) is 4.